The Hall–Kier alpha value is -2.64. The molecule has 1 amide bonds. The van der Waals surface area contributed by atoms with Crippen LogP contribution in [-0.2, 0) is 16.1 Å². The normalized spacial score (nSPS) is 11.8. The molecule has 0 aliphatic carbocycles. The Balaban J connectivity index is 2.65. The maximum Gasteiger partial charge on any atom is 0.410 e. The van der Waals surface area contributed by atoms with Crippen molar-refractivity contribution in [2.24, 2.45) is 5.92 Å². The molecule has 120 valence electrons. The average molecular weight is 310 g/mol. The molecule has 1 rings (SSSR count). The SMILES string of the molecule is CC(C)[C@@H](C(=O)O)N(C)C(=O)OCc1ccc([N+](=O)[O-])cc1. The number of carboxylic acids is 1. The van der Waals surface area contributed by atoms with E-state index in [1.54, 1.807) is 13.8 Å². The van der Waals surface area contributed by atoms with Crippen LogP contribution in [0.4, 0.5) is 10.5 Å². The number of carbonyl (C=O) groups is 2. The molecule has 1 N–H and O–H groups in total. The second kappa shape index (κ2) is 7.39. The molecule has 22 heavy (non-hydrogen) atoms. The molecule has 8 heteroatoms. The van der Waals surface area contributed by atoms with Crippen LogP contribution in [0.25, 0.3) is 0 Å². The summed E-state index contributed by atoms with van der Waals surface area (Å²) in [4.78, 5) is 34.1. The molecule has 0 aliphatic heterocycles. The predicted octanol–water partition coefficient (Wildman–Crippen LogP) is 2.27. The number of benzene rings is 1. The van der Waals surface area contributed by atoms with E-state index in [0.717, 1.165) is 4.90 Å². The van der Waals surface area contributed by atoms with Crippen molar-refractivity contribution in [3.05, 3.63) is 39.9 Å². The van der Waals surface area contributed by atoms with E-state index in [9.17, 15) is 19.7 Å². The van der Waals surface area contributed by atoms with Crippen LogP contribution in [0.5, 0.6) is 0 Å². The van der Waals surface area contributed by atoms with Crippen molar-refractivity contribution in [3.63, 3.8) is 0 Å². The average Bonchev–Trinajstić information content (AvgIpc) is 2.44. The van der Waals surface area contributed by atoms with Gasteiger partial charge in [0.1, 0.15) is 12.6 Å². The summed E-state index contributed by atoms with van der Waals surface area (Å²) in [5.74, 6) is -1.38. The number of nitro groups is 1. The predicted molar refractivity (Wildman–Crippen MR) is 77.3 cm³/mol. The molecule has 0 saturated heterocycles. The molecular formula is C14H18N2O6. The number of nitrogens with zero attached hydrogens (tertiary/aromatic N) is 2. The van der Waals surface area contributed by atoms with Gasteiger partial charge in [-0.1, -0.05) is 13.8 Å². The fourth-order valence-corrected chi connectivity index (χ4v) is 1.97. The van der Waals surface area contributed by atoms with E-state index in [0.29, 0.717) is 5.56 Å². The molecule has 0 fully saturated rings. The maximum atomic E-state index is 11.9. The highest BCUT2D eigenvalue weighted by Gasteiger charge is 2.30. The number of ether oxygens (including phenoxy) is 1. The molecule has 0 radical (unpaired) electrons. The highest BCUT2D eigenvalue weighted by molar-refractivity contribution is 5.80. The second-order valence-corrected chi connectivity index (χ2v) is 5.12. The summed E-state index contributed by atoms with van der Waals surface area (Å²) in [7, 11) is 1.36. The third-order valence-corrected chi connectivity index (χ3v) is 3.10. The van der Waals surface area contributed by atoms with Gasteiger partial charge in [0.2, 0.25) is 0 Å². The molecule has 8 nitrogen and oxygen atoms in total. The summed E-state index contributed by atoms with van der Waals surface area (Å²) in [6.07, 6.45) is -0.764. The first-order valence-electron chi connectivity index (χ1n) is 6.59. The van der Waals surface area contributed by atoms with Crippen molar-refractivity contribution < 1.29 is 24.4 Å². The molecule has 0 heterocycles. The number of hydrogen-bond acceptors (Lipinski definition) is 5. The van der Waals surface area contributed by atoms with E-state index in [2.05, 4.69) is 0 Å². The molecule has 1 aromatic rings. The summed E-state index contributed by atoms with van der Waals surface area (Å²) in [5, 5.41) is 19.6. The van der Waals surface area contributed by atoms with E-state index in [1.807, 2.05) is 0 Å². The lowest BCUT2D eigenvalue weighted by Gasteiger charge is -2.26. The van der Waals surface area contributed by atoms with E-state index in [1.165, 1.54) is 31.3 Å². The molecule has 0 saturated carbocycles. The van der Waals surface area contributed by atoms with Gasteiger partial charge in [-0.3, -0.25) is 15.0 Å². The van der Waals surface area contributed by atoms with Crippen LogP contribution in [-0.4, -0.2) is 40.1 Å². The fourth-order valence-electron chi connectivity index (χ4n) is 1.97. The number of hydrogen-bond donors (Lipinski definition) is 1. The minimum Gasteiger partial charge on any atom is -0.480 e. The summed E-state index contributed by atoms with van der Waals surface area (Å²) >= 11 is 0. The Morgan fingerprint density at radius 1 is 1.32 bits per heavy atom. The minimum absolute atomic E-state index is 0.0575. The van der Waals surface area contributed by atoms with Crippen molar-refractivity contribution in [1.29, 1.82) is 0 Å². The molecule has 0 spiro atoms. The first kappa shape index (κ1) is 17.4. The Morgan fingerprint density at radius 3 is 2.27 bits per heavy atom. The smallest absolute Gasteiger partial charge is 0.410 e. The molecular weight excluding hydrogens is 292 g/mol. The van der Waals surface area contributed by atoms with Gasteiger partial charge in [-0.25, -0.2) is 9.59 Å². The van der Waals surface area contributed by atoms with Crippen LogP contribution >= 0.6 is 0 Å². The van der Waals surface area contributed by atoms with Gasteiger partial charge in [0, 0.05) is 19.2 Å². The third-order valence-electron chi connectivity index (χ3n) is 3.10. The number of rotatable bonds is 6. The standard InChI is InChI=1S/C14H18N2O6/c1-9(2)12(13(17)18)15(3)14(19)22-8-10-4-6-11(7-5-10)16(20)21/h4-7,9,12H,8H2,1-3H3,(H,17,18)/t12-/m0/s1. The van der Waals surface area contributed by atoms with Gasteiger partial charge in [0.15, 0.2) is 0 Å². The van der Waals surface area contributed by atoms with Crippen LogP contribution < -0.4 is 0 Å². The van der Waals surface area contributed by atoms with Gasteiger partial charge in [0.25, 0.3) is 5.69 Å². The Kier molecular flexibility index (Phi) is 5.85. The quantitative estimate of drug-likeness (QED) is 0.637. The number of amides is 1. The molecule has 0 bridgehead atoms. The zero-order valence-corrected chi connectivity index (χ0v) is 12.6. The molecule has 0 aliphatic rings. The Bertz CT molecular complexity index is 555. The fraction of sp³-hybridized carbons (Fsp3) is 0.429. The number of nitro benzene ring substituents is 1. The van der Waals surface area contributed by atoms with Crippen LogP contribution in [0.1, 0.15) is 19.4 Å². The first-order valence-corrected chi connectivity index (χ1v) is 6.59. The van der Waals surface area contributed by atoms with Gasteiger partial charge >= 0.3 is 12.1 Å². The summed E-state index contributed by atoms with van der Waals surface area (Å²) in [6.45, 7) is 3.30. The lowest BCUT2D eigenvalue weighted by atomic mass is 10.0. The topological polar surface area (TPSA) is 110 Å². The summed E-state index contributed by atoms with van der Waals surface area (Å²) < 4.78 is 5.03. The number of non-ortho nitro benzene ring substituents is 1. The van der Waals surface area contributed by atoms with Crippen LogP contribution in [0, 0.1) is 16.0 Å². The number of carbonyl (C=O) groups excluding carboxylic acids is 1. The summed E-state index contributed by atoms with van der Waals surface area (Å²) in [6, 6.07) is 4.58. The lowest BCUT2D eigenvalue weighted by Crippen LogP contribution is -2.45. The number of aliphatic carboxylic acids is 1. The number of likely N-dealkylation sites (N-methyl/N-ethyl adjacent to an activating group) is 1. The molecule has 0 aromatic heterocycles. The number of carboxylic acid groups (broad SMARTS) is 1. The van der Waals surface area contributed by atoms with Gasteiger partial charge in [0.05, 0.1) is 4.92 Å². The van der Waals surface area contributed by atoms with Crippen molar-refractivity contribution in [1.82, 2.24) is 4.90 Å². The van der Waals surface area contributed by atoms with Crippen molar-refractivity contribution in [2.45, 2.75) is 26.5 Å². The van der Waals surface area contributed by atoms with E-state index >= 15 is 0 Å². The van der Waals surface area contributed by atoms with Crippen molar-refractivity contribution >= 4 is 17.7 Å². The van der Waals surface area contributed by atoms with Crippen molar-refractivity contribution in [2.75, 3.05) is 7.05 Å². The largest absolute Gasteiger partial charge is 0.480 e. The van der Waals surface area contributed by atoms with Crippen LogP contribution in [0.2, 0.25) is 0 Å². The Morgan fingerprint density at radius 2 is 1.86 bits per heavy atom. The van der Waals surface area contributed by atoms with Gasteiger partial charge in [-0.2, -0.15) is 0 Å². The van der Waals surface area contributed by atoms with E-state index in [-0.39, 0.29) is 18.2 Å². The minimum atomic E-state index is -1.11. The van der Waals surface area contributed by atoms with Gasteiger partial charge in [-0.05, 0) is 23.6 Å². The third kappa shape index (κ3) is 4.44. The summed E-state index contributed by atoms with van der Waals surface area (Å²) in [5.41, 5.74) is 0.515. The maximum absolute atomic E-state index is 11.9. The van der Waals surface area contributed by atoms with E-state index < -0.39 is 23.0 Å². The van der Waals surface area contributed by atoms with Gasteiger partial charge < -0.3 is 9.84 Å². The molecule has 1 atom stereocenters. The van der Waals surface area contributed by atoms with Crippen LogP contribution in [0.15, 0.2) is 24.3 Å². The highest BCUT2D eigenvalue weighted by Crippen LogP contribution is 2.14. The van der Waals surface area contributed by atoms with Gasteiger partial charge in [-0.15, -0.1) is 0 Å². The molecule has 0 unspecified atom stereocenters. The van der Waals surface area contributed by atoms with Crippen molar-refractivity contribution in [3.8, 4) is 0 Å². The first-order chi connectivity index (χ1) is 10.2. The Labute approximate surface area is 127 Å². The van der Waals surface area contributed by atoms with Crippen LogP contribution in [0.3, 0.4) is 0 Å². The van der Waals surface area contributed by atoms with E-state index in [4.69, 9.17) is 9.84 Å². The monoisotopic (exact) mass is 310 g/mol. The molecule has 1 aromatic carbocycles. The zero-order chi connectivity index (χ0) is 16.9. The highest BCUT2D eigenvalue weighted by atomic mass is 16.6. The second-order valence-electron chi connectivity index (χ2n) is 5.12. The lowest BCUT2D eigenvalue weighted by molar-refractivity contribution is -0.384. The zero-order valence-electron chi connectivity index (χ0n) is 12.6.